The predicted octanol–water partition coefficient (Wildman–Crippen LogP) is 0.265. The van der Waals surface area contributed by atoms with Gasteiger partial charge in [-0.2, -0.15) is 0 Å². The van der Waals surface area contributed by atoms with Gasteiger partial charge in [-0.15, -0.1) is 0 Å². The van der Waals surface area contributed by atoms with Crippen molar-refractivity contribution in [3.05, 3.63) is 0 Å². The first-order valence-electron chi connectivity index (χ1n) is 4.16. The van der Waals surface area contributed by atoms with Gasteiger partial charge >= 0.3 is 0 Å². The third kappa shape index (κ3) is 1.38. The van der Waals surface area contributed by atoms with E-state index in [2.05, 4.69) is 10.6 Å². The molecule has 0 aliphatic heterocycles. The van der Waals surface area contributed by atoms with Crippen molar-refractivity contribution in [2.24, 2.45) is 0 Å². The van der Waals surface area contributed by atoms with Crippen LogP contribution in [0.25, 0.3) is 0 Å². The van der Waals surface area contributed by atoms with Crippen molar-refractivity contribution in [3.63, 3.8) is 0 Å². The van der Waals surface area contributed by atoms with E-state index in [-0.39, 0.29) is 11.4 Å². The Morgan fingerprint density at radius 1 is 1.27 bits per heavy atom. The van der Waals surface area contributed by atoms with Gasteiger partial charge in [-0.1, -0.05) is 12.8 Å². The van der Waals surface area contributed by atoms with Crippen LogP contribution in [0.5, 0.6) is 0 Å². The van der Waals surface area contributed by atoms with Crippen molar-refractivity contribution in [1.29, 1.82) is 0 Å². The van der Waals surface area contributed by atoms with Crippen molar-refractivity contribution in [3.8, 4) is 0 Å². The van der Waals surface area contributed by atoms with Crippen LogP contribution in [-0.2, 0) is 4.79 Å². The third-order valence-electron chi connectivity index (χ3n) is 2.60. The van der Waals surface area contributed by atoms with E-state index < -0.39 is 0 Å². The summed E-state index contributed by atoms with van der Waals surface area (Å²) in [4.78, 5) is 11.4. The van der Waals surface area contributed by atoms with E-state index in [9.17, 15) is 4.79 Å². The fourth-order valence-corrected chi connectivity index (χ4v) is 1.81. The summed E-state index contributed by atoms with van der Waals surface area (Å²) >= 11 is 0. The summed E-state index contributed by atoms with van der Waals surface area (Å²) in [6, 6.07) is 0. The molecule has 11 heavy (non-hydrogen) atoms. The second kappa shape index (κ2) is 3.22. The fourth-order valence-electron chi connectivity index (χ4n) is 1.81. The molecule has 0 aromatic carbocycles. The zero-order valence-corrected chi connectivity index (χ0v) is 7.24. The fraction of sp³-hybridized carbons (Fsp3) is 0.875. The number of carbonyl (C=O) groups excluding carboxylic acids is 1. The first kappa shape index (κ1) is 8.53. The van der Waals surface area contributed by atoms with Crippen LogP contribution in [0.4, 0.5) is 0 Å². The summed E-state index contributed by atoms with van der Waals surface area (Å²) in [5, 5.41) is 5.81. The quantitative estimate of drug-likeness (QED) is 0.602. The van der Waals surface area contributed by atoms with Crippen LogP contribution in [-0.4, -0.2) is 25.5 Å². The minimum Gasteiger partial charge on any atom is -0.358 e. The van der Waals surface area contributed by atoms with E-state index >= 15 is 0 Å². The van der Waals surface area contributed by atoms with Crippen molar-refractivity contribution in [2.45, 2.75) is 31.2 Å². The Bertz CT molecular complexity index is 150. The van der Waals surface area contributed by atoms with Crippen LogP contribution in [0.3, 0.4) is 0 Å². The maximum absolute atomic E-state index is 11.4. The monoisotopic (exact) mass is 156 g/mol. The van der Waals surface area contributed by atoms with E-state index in [0.29, 0.717) is 0 Å². The lowest BCUT2D eigenvalue weighted by Crippen LogP contribution is -2.52. The number of amides is 1. The van der Waals surface area contributed by atoms with E-state index in [1.807, 2.05) is 7.05 Å². The van der Waals surface area contributed by atoms with Crippen LogP contribution in [0, 0.1) is 0 Å². The lowest BCUT2D eigenvalue weighted by Gasteiger charge is -2.25. The van der Waals surface area contributed by atoms with Crippen LogP contribution < -0.4 is 10.6 Å². The molecule has 0 unspecified atom stereocenters. The molecule has 1 fully saturated rings. The Morgan fingerprint density at radius 3 is 2.18 bits per heavy atom. The third-order valence-corrected chi connectivity index (χ3v) is 2.60. The first-order valence-corrected chi connectivity index (χ1v) is 4.16. The molecule has 0 bridgehead atoms. The highest BCUT2D eigenvalue weighted by atomic mass is 16.2. The Labute approximate surface area is 67.5 Å². The van der Waals surface area contributed by atoms with Crippen molar-refractivity contribution in [2.75, 3.05) is 14.1 Å². The van der Waals surface area contributed by atoms with Crippen LogP contribution in [0.15, 0.2) is 0 Å². The van der Waals surface area contributed by atoms with Gasteiger partial charge in [0, 0.05) is 7.05 Å². The minimum absolute atomic E-state index is 0.137. The average molecular weight is 156 g/mol. The van der Waals surface area contributed by atoms with Gasteiger partial charge in [-0.05, 0) is 19.9 Å². The van der Waals surface area contributed by atoms with E-state index in [4.69, 9.17) is 0 Å². The predicted molar refractivity (Wildman–Crippen MR) is 44.3 cm³/mol. The van der Waals surface area contributed by atoms with Gasteiger partial charge in [0.15, 0.2) is 0 Å². The SMILES string of the molecule is CNC(=O)C1(NC)CCCC1. The van der Waals surface area contributed by atoms with Crippen LogP contribution >= 0.6 is 0 Å². The molecule has 0 aromatic heterocycles. The molecule has 0 saturated heterocycles. The van der Waals surface area contributed by atoms with Crippen molar-refractivity contribution < 1.29 is 4.79 Å². The summed E-state index contributed by atoms with van der Waals surface area (Å²) in [6.07, 6.45) is 4.27. The largest absolute Gasteiger partial charge is 0.358 e. The molecular formula is C8H16N2O. The molecule has 2 N–H and O–H groups in total. The zero-order chi connectivity index (χ0) is 8.32. The zero-order valence-electron chi connectivity index (χ0n) is 7.24. The summed E-state index contributed by atoms with van der Waals surface area (Å²) < 4.78 is 0. The molecule has 1 saturated carbocycles. The van der Waals surface area contributed by atoms with Gasteiger partial charge in [0.2, 0.25) is 5.91 Å². The van der Waals surface area contributed by atoms with Gasteiger partial charge in [0.25, 0.3) is 0 Å². The van der Waals surface area contributed by atoms with E-state index in [1.165, 1.54) is 0 Å². The standard InChI is InChI=1S/C8H16N2O/c1-9-7(11)8(10-2)5-3-4-6-8/h10H,3-6H2,1-2H3,(H,9,11). The molecule has 0 spiro atoms. The first-order chi connectivity index (χ1) is 5.25. The average Bonchev–Trinajstić information content (AvgIpc) is 2.52. The second-order valence-electron chi connectivity index (χ2n) is 3.12. The van der Waals surface area contributed by atoms with Crippen molar-refractivity contribution >= 4 is 5.91 Å². The van der Waals surface area contributed by atoms with Gasteiger partial charge in [0.1, 0.15) is 0 Å². The van der Waals surface area contributed by atoms with Crippen molar-refractivity contribution in [1.82, 2.24) is 10.6 Å². The highest BCUT2D eigenvalue weighted by molar-refractivity contribution is 5.86. The summed E-state index contributed by atoms with van der Waals surface area (Å²) in [5.74, 6) is 0.137. The minimum atomic E-state index is -0.255. The molecule has 64 valence electrons. The van der Waals surface area contributed by atoms with E-state index in [0.717, 1.165) is 25.7 Å². The molecule has 3 heteroatoms. The molecular weight excluding hydrogens is 140 g/mol. The summed E-state index contributed by atoms with van der Waals surface area (Å²) in [5.41, 5.74) is -0.255. The number of hydrogen-bond acceptors (Lipinski definition) is 2. The summed E-state index contributed by atoms with van der Waals surface area (Å²) in [7, 11) is 3.56. The van der Waals surface area contributed by atoms with Crippen LogP contribution in [0.1, 0.15) is 25.7 Å². The lowest BCUT2D eigenvalue weighted by atomic mass is 9.97. The molecule has 3 nitrogen and oxygen atoms in total. The maximum Gasteiger partial charge on any atom is 0.240 e. The number of rotatable bonds is 2. The number of hydrogen-bond donors (Lipinski definition) is 2. The molecule has 0 atom stereocenters. The molecule has 0 radical (unpaired) electrons. The lowest BCUT2D eigenvalue weighted by molar-refractivity contribution is -0.126. The Kier molecular flexibility index (Phi) is 2.49. The molecule has 1 rings (SSSR count). The van der Waals surface area contributed by atoms with Gasteiger partial charge in [-0.3, -0.25) is 4.79 Å². The Hall–Kier alpha value is -0.570. The number of likely N-dealkylation sites (N-methyl/N-ethyl adjacent to an activating group) is 2. The highest BCUT2D eigenvalue weighted by Crippen LogP contribution is 2.29. The topological polar surface area (TPSA) is 41.1 Å². The molecule has 1 aliphatic carbocycles. The smallest absolute Gasteiger partial charge is 0.240 e. The van der Waals surface area contributed by atoms with E-state index in [1.54, 1.807) is 7.05 Å². The highest BCUT2D eigenvalue weighted by Gasteiger charge is 2.38. The maximum atomic E-state index is 11.4. The Balaban J connectivity index is 2.66. The number of nitrogens with one attached hydrogen (secondary N) is 2. The normalized spacial score (nSPS) is 21.6. The van der Waals surface area contributed by atoms with Crippen LogP contribution in [0.2, 0.25) is 0 Å². The summed E-state index contributed by atoms with van der Waals surface area (Å²) in [6.45, 7) is 0. The van der Waals surface area contributed by atoms with Gasteiger partial charge in [-0.25, -0.2) is 0 Å². The van der Waals surface area contributed by atoms with Gasteiger partial charge in [0.05, 0.1) is 5.54 Å². The molecule has 1 amide bonds. The van der Waals surface area contributed by atoms with Gasteiger partial charge < -0.3 is 10.6 Å². The second-order valence-corrected chi connectivity index (χ2v) is 3.12. The molecule has 1 aliphatic rings. The Morgan fingerprint density at radius 2 is 1.82 bits per heavy atom. The molecule has 0 aromatic rings. The number of carbonyl (C=O) groups is 1. The molecule has 0 heterocycles.